The van der Waals surface area contributed by atoms with Gasteiger partial charge in [-0.05, 0) is 17.7 Å². The van der Waals surface area contributed by atoms with E-state index in [1.165, 1.54) is 0 Å². The van der Waals surface area contributed by atoms with Gasteiger partial charge in [-0.3, -0.25) is 0 Å². The van der Waals surface area contributed by atoms with Crippen LogP contribution in [-0.2, 0) is 17.9 Å². The second-order valence-corrected chi connectivity index (χ2v) is 4.81. The molecule has 20 heavy (non-hydrogen) atoms. The van der Waals surface area contributed by atoms with Crippen LogP contribution in [0.3, 0.4) is 0 Å². The van der Waals surface area contributed by atoms with Crippen LogP contribution in [0.1, 0.15) is 5.56 Å². The average Bonchev–Trinajstić information content (AvgIpc) is 3.08. The lowest BCUT2D eigenvalue weighted by atomic mass is 10.2. The molecule has 1 aromatic carbocycles. The summed E-state index contributed by atoms with van der Waals surface area (Å²) in [5.41, 5.74) is 1.16. The van der Waals surface area contributed by atoms with E-state index in [0.29, 0.717) is 13.2 Å². The number of hydrogen-bond acceptors (Lipinski definition) is 4. The second kappa shape index (κ2) is 5.96. The molecular weight excluding hydrogens is 254 g/mol. The van der Waals surface area contributed by atoms with Gasteiger partial charge in [0.15, 0.2) is 0 Å². The van der Waals surface area contributed by atoms with Crippen LogP contribution in [-0.4, -0.2) is 36.4 Å². The standard InChI is InChI=1S/C15H19N3O2/c1-19-14-4-2-13(3-5-14)12-20-11-10-18-9-8-17-7-6-16-15(17)18/h2-7H,8-12H2,1H3. The van der Waals surface area contributed by atoms with Gasteiger partial charge in [0.1, 0.15) is 5.75 Å². The van der Waals surface area contributed by atoms with Gasteiger partial charge in [0.25, 0.3) is 0 Å². The number of imidazole rings is 1. The molecule has 0 unspecified atom stereocenters. The monoisotopic (exact) mass is 273 g/mol. The third-order valence-electron chi connectivity index (χ3n) is 3.52. The molecule has 1 aromatic heterocycles. The van der Waals surface area contributed by atoms with E-state index < -0.39 is 0 Å². The molecule has 2 aromatic rings. The van der Waals surface area contributed by atoms with Gasteiger partial charge in [0.2, 0.25) is 5.95 Å². The number of fused-ring (bicyclic) bond motifs is 1. The van der Waals surface area contributed by atoms with Crippen molar-refractivity contribution in [2.75, 3.05) is 31.7 Å². The predicted molar refractivity (Wildman–Crippen MR) is 77.1 cm³/mol. The molecule has 3 rings (SSSR count). The Labute approximate surface area is 118 Å². The lowest BCUT2D eigenvalue weighted by Crippen LogP contribution is -2.25. The van der Waals surface area contributed by atoms with Crippen LogP contribution in [0.25, 0.3) is 0 Å². The fraction of sp³-hybridized carbons (Fsp3) is 0.400. The maximum atomic E-state index is 5.73. The fourth-order valence-electron chi connectivity index (χ4n) is 2.39. The molecule has 0 saturated carbocycles. The molecule has 0 spiro atoms. The van der Waals surface area contributed by atoms with Crippen molar-refractivity contribution in [3.8, 4) is 5.75 Å². The van der Waals surface area contributed by atoms with Gasteiger partial charge in [-0.15, -0.1) is 0 Å². The van der Waals surface area contributed by atoms with E-state index >= 15 is 0 Å². The smallest absolute Gasteiger partial charge is 0.205 e. The maximum Gasteiger partial charge on any atom is 0.205 e. The van der Waals surface area contributed by atoms with Crippen LogP contribution < -0.4 is 9.64 Å². The zero-order chi connectivity index (χ0) is 13.8. The van der Waals surface area contributed by atoms with Gasteiger partial charge in [-0.25, -0.2) is 4.98 Å². The van der Waals surface area contributed by atoms with E-state index in [-0.39, 0.29) is 0 Å². The summed E-state index contributed by atoms with van der Waals surface area (Å²) in [4.78, 5) is 6.61. The van der Waals surface area contributed by atoms with Crippen LogP contribution in [0.5, 0.6) is 5.75 Å². The van der Waals surface area contributed by atoms with Crippen LogP contribution in [0.15, 0.2) is 36.7 Å². The predicted octanol–water partition coefficient (Wildman–Crippen LogP) is 1.93. The first-order valence-corrected chi connectivity index (χ1v) is 6.83. The Bertz CT molecular complexity index is 551. The summed E-state index contributed by atoms with van der Waals surface area (Å²) in [5, 5.41) is 0. The zero-order valence-electron chi connectivity index (χ0n) is 11.7. The summed E-state index contributed by atoms with van der Waals surface area (Å²) < 4.78 is 13.0. The Morgan fingerprint density at radius 2 is 2.05 bits per heavy atom. The molecule has 0 N–H and O–H groups in total. The molecule has 1 aliphatic heterocycles. The maximum absolute atomic E-state index is 5.73. The number of anilines is 1. The molecule has 106 valence electrons. The van der Waals surface area contributed by atoms with E-state index in [2.05, 4.69) is 14.5 Å². The first-order valence-electron chi connectivity index (χ1n) is 6.83. The molecule has 5 heteroatoms. The summed E-state index contributed by atoms with van der Waals surface area (Å²) in [5.74, 6) is 1.93. The largest absolute Gasteiger partial charge is 0.497 e. The first-order chi connectivity index (χ1) is 9.86. The van der Waals surface area contributed by atoms with Crippen molar-refractivity contribution >= 4 is 5.95 Å². The normalized spacial score (nSPS) is 13.6. The molecule has 0 atom stereocenters. The number of nitrogens with zero attached hydrogens (tertiary/aromatic N) is 3. The Morgan fingerprint density at radius 3 is 2.85 bits per heavy atom. The molecule has 0 amide bonds. The van der Waals surface area contributed by atoms with Crippen molar-refractivity contribution in [2.24, 2.45) is 0 Å². The van der Waals surface area contributed by atoms with Crippen molar-refractivity contribution in [3.05, 3.63) is 42.2 Å². The highest BCUT2D eigenvalue weighted by atomic mass is 16.5. The van der Waals surface area contributed by atoms with E-state index in [1.807, 2.05) is 36.7 Å². The summed E-state index contributed by atoms with van der Waals surface area (Å²) in [6.45, 7) is 4.27. The number of hydrogen-bond donors (Lipinski definition) is 0. The Balaban J connectivity index is 1.42. The minimum Gasteiger partial charge on any atom is -0.497 e. The van der Waals surface area contributed by atoms with Crippen LogP contribution in [0.4, 0.5) is 5.95 Å². The van der Waals surface area contributed by atoms with E-state index in [9.17, 15) is 0 Å². The topological polar surface area (TPSA) is 39.5 Å². The summed E-state index contributed by atoms with van der Waals surface area (Å²) in [6, 6.07) is 7.97. The SMILES string of the molecule is COc1ccc(COCCN2CCn3ccnc32)cc1. The van der Waals surface area contributed by atoms with Crippen molar-refractivity contribution in [1.29, 1.82) is 0 Å². The van der Waals surface area contributed by atoms with Crippen LogP contribution in [0, 0.1) is 0 Å². The molecule has 0 aliphatic carbocycles. The quantitative estimate of drug-likeness (QED) is 0.754. The number of aromatic nitrogens is 2. The molecule has 0 fully saturated rings. The molecular formula is C15H19N3O2. The van der Waals surface area contributed by atoms with Gasteiger partial charge in [-0.2, -0.15) is 0 Å². The van der Waals surface area contributed by atoms with Crippen molar-refractivity contribution in [3.63, 3.8) is 0 Å². The third-order valence-corrected chi connectivity index (χ3v) is 3.52. The van der Waals surface area contributed by atoms with Crippen molar-refractivity contribution < 1.29 is 9.47 Å². The van der Waals surface area contributed by atoms with Crippen molar-refractivity contribution in [1.82, 2.24) is 9.55 Å². The zero-order valence-corrected chi connectivity index (χ0v) is 11.7. The number of rotatable bonds is 6. The number of methoxy groups -OCH3 is 1. The highest BCUT2D eigenvalue weighted by Gasteiger charge is 2.18. The Hall–Kier alpha value is -2.01. The minimum atomic E-state index is 0.631. The summed E-state index contributed by atoms with van der Waals surface area (Å²) >= 11 is 0. The van der Waals surface area contributed by atoms with Gasteiger partial charge < -0.3 is 18.9 Å². The average molecular weight is 273 g/mol. The second-order valence-electron chi connectivity index (χ2n) is 4.81. The Morgan fingerprint density at radius 1 is 1.20 bits per heavy atom. The van der Waals surface area contributed by atoms with E-state index in [0.717, 1.165) is 36.9 Å². The summed E-state index contributed by atoms with van der Waals surface area (Å²) in [7, 11) is 1.67. The van der Waals surface area contributed by atoms with Gasteiger partial charge in [0, 0.05) is 32.0 Å². The van der Waals surface area contributed by atoms with Crippen LogP contribution >= 0.6 is 0 Å². The lowest BCUT2D eigenvalue weighted by Gasteiger charge is -2.15. The Kier molecular flexibility index (Phi) is 3.87. The molecule has 5 nitrogen and oxygen atoms in total. The fourth-order valence-corrected chi connectivity index (χ4v) is 2.39. The van der Waals surface area contributed by atoms with Crippen LogP contribution in [0.2, 0.25) is 0 Å². The minimum absolute atomic E-state index is 0.631. The molecule has 0 radical (unpaired) electrons. The summed E-state index contributed by atoms with van der Waals surface area (Å²) in [6.07, 6.45) is 3.87. The molecule has 2 heterocycles. The molecule has 0 bridgehead atoms. The van der Waals surface area contributed by atoms with E-state index in [4.69, 9.17) is 9.47 Å². The molecule has 0 saturated heterocycles. The lowest BCUT2D eigenvalue weighted by molar-refractivity contribution is 0.127. The number of benzene rings is 1. The highest BCUT2D eigenvalue weighted by molar-refractivity contribution is 5.34. The van der Waals surface area contributed by atoms with E-state index in [1.54, 1.807) is 7.11 Å². The third kappa shape index (κ3) is 2.77. The first kappa shape index (κ1) is 13.0. The van der Waals surface area contributed by atoms with Gasteiger partial charge in [0.05, 0.1) is 20.3 Å². The highest BCUT2D eigenvalue weighted by Crippen LogP contribution is 2.17. The van der Waals surface area contributed by atoms with Crippen molar-refractivity contribution in [2.45, 2.75) is 13.2 Å². The van der Waals surface area contributed by atoms with Gasteiger partial charge in [-0.1, -0.05) is 12.1 Å². The number of ether oxygens (including phenoxy) is 2. The molecule has 1 aliphatic rings. The van der Waals surface area contributed by atoms with Gasteiger partial charge >= 0.3 is 0 Å².